The quantitative estimate of drug-likeness (QED) is 0.406. The SMILES string of the molecule is COc1ccccc1-c1nnc(SCC(=O)NC(c2ccccc2)c2ccccc2)n1C. The average Bonchev–Trinajstić information content (AvgIpc) is 3.22. The number of hydrogen-bond acceptors (Lipinski definition) is 5. The highest BCUT2D eigenvalue weighted by Gasteiger charge is 2.19. The molecule has 6 nitrogen and oxygen atoms in total. The van der Waals surface area contributed by atoms with Crippen molar-refractivity contribution in [3.05, 3.63) is 96.1 Å². The van der Waals surface area contributed by atoms with E-state index in [4.69, 9.17) is 4.74 Å². The monoisotopic (exact) mass is 444 g/mol. The van der Waals surface area contributed by atoms with E-state index in [-0.39, 0.29) is 17.7 Å². The molecule has 0 aliphatic heterocycles. The molecule has 0 unspecified atom stereocenters. The Labute approximate surface area is 191 Å². The van der Waals surface area contributed by atoms with Gasteiger partial charge in [-0.2, -0.15) is 0 Å². The van der Waals surface area contributed by atoms with Crippen LogP contribution in [0, 0.1) is 0 Å². The van der Waals surface area contributed by atoms with Gasteiger partial charge in [0.1, 0.15) is 5.75 Å². The number of hydrogen-bond donors (Lipinski definition) is 1. The molecule has 4 rings (SSSR count). The van der Waals surface area contributed by atoms with Crippen molar-refractivity contribution in [3.8, 4) is 17.1 Å². The largest absolute Gasteiger partial charge is 0.496 e. The predicted molar refractivity (Wildman–Crippen MR) is 127 cm³/mol. The summed E-state index contributed by atoms with van der Waals surface area (Å²) >= 11 is 1.35. The number of amides is 1. The van der Waals surface area contributed by atoms with Crippen LogP contribution in [0.25, 0.3) is 11.4 Å². The lowest BCUT2D eigenvalue weighted by Crippen LogP contribution is -2.30. The lowest BCUT2D eigenvalue weighted by Gasteiger charge is -2.19. The van der Waals surface area contributed by atoms with Gasteiger partial charge in [0.25, 0.3) is 0 Å². The van der Waals surface area contributed by atoms with Gasteiger partial charge < -0.3 is 14.6 Å². The molecule has 0 aliphatic carbocycles. The Morgan fingerprint density at radius 2 is 1.53 bits per heavy atom. The molecule has 0 aliphatic rings. The summed E-state index contributed by atoms with van der Waals surface area (Å²) in [5.74, 6) is 1.57. The normalized spacial score (nSPS) is 10.8. The van der Waals surface area contributed by atoms with Crippen LogP contribution in [0.2, 0.25) is 0 Å². The molecule has 7 heteroatoms. The summed E-state index contributed by atoms with van der Waals surface area (Å²) in [6.07, 6.45) is 0. The molecule has 0 spiro atoms. The van der Waals surface area contributed by atoms with Crippen LogP contribution in [0.15, 0.2) is 90.1 Å². The molecule has 0 atom stereocenters. The fraction of sp³-hybridized carbons (Fsp3) is 0.160. The van der Waals surface area contributed by atoms with Crippen LogP contribution in [0.4, 0.5) is 0 Å². The molecular formula is C25H24N4O2S. The first-order valence-electron chi connectivity index (χ1n) is 10.2. The van der Waals surface area contributed by atoms with Gasteiger partial charge in [-0.1, -0.05) is 84.6 Å². The topological polar surface area (TPSA) is 69.0 Å². The molecule has 162 valence electrons. The molecule has 1 heterocycles. The van der Waals surface area contributed by atoms with Gasteiger partial charge in [0.15, 0.2) is 11.0 Å². The number of benzene rings is 3. The number of methoxy groups -OCH3 is 1. The van der Waals surface area contributed by atoms with E-state index in [9.17, 15) is 4.79 Å². The molecule has 0 bridgehead atoms. The molecule has 0 radical (unpaired) electrons. The molecule has 4 aromatic rings. The summed E-state index contributed by atoms with van der Waals surface area (Å²) in [5, 5.41) is 12.4. The summed E-state index contributed by atoms with van der Waals surface area (Å²) < 4.78 is 7.31. The minimum atomic E-state index is -0.214. The Morgan fingerprint density at radius 3 is 2.16 bits per heavy atom. The van der Waals surface area contributed by atoms with Crippen molar-refractivity contribution in [1.82, 2.24) is 20.1 Å². The van der Waals surface area contributed by atoms with Crippen LogP contribution in [-0.2, 0) is 11.8 Å². The first-order chi connectivity index (χ1) is 15.7. The van der Waals surface area contributed by atoms with Crippen LogP contribution in [0.1, 0.15) is 17.2 Å². The van der Waals surface area contributed by atoms with E-state index in [1.54, 1.807) is 7.11 Å². The fourth-order valence-electron chi connectivity index (χ4n) is 3.49. The number of nitrogens with one attached hydrogen (secondary N) is 1. The van der Waals surface area contributed by atoms with E-state index >= 15 is 0 Å². The number of thioether (sulfide) groups is 1. The summed E-state index contributed by atoms with van der Waals surface area (Å²) in [4.78, 5) is 12.9. The Hall–Kier alpha value is -3.58. The molecule has 1 aromatic heterocycles. The van der Waals surface area contributed by atoms with E-state index in [0.717, 1.165) is 22.4 Å². The summed E-state index contributed by atoms with van der Waals surface area (Å²) in [6, 6.07) is 27.4. The maximum Gasteiger partial charge on any atom is 0.231 e. The van der Waals surface area contributed by atoms with Crippen LogP contribution < -0.4 is 10.1 Å². The molecule has 0 saturated carbocycles. The second kappa shape index (κ2) is 10.2. The minimum absolute atomic E-state index is 0.0745. The molecule has 32 heavy (non-hydrogen) atoms. The van der Waals surface area contributed by atoms with Crippen molar-refractivity contribution in [2.75, 3.05) is 12.9 Å². The zero-order chi connectivity index (χ0) is 22.3. The Morgan fingerprint density at radius 1 is 0.938 bits per heavy atom. The third-order valence-electron chi connectivity index (χ3n) is 5.09. The molecular weight excluding hydrogens is 420 g/mol. The fourth-order valence-corrected chi connectivity index (χ4v) is 4.21. The number of rotatable bonds is 8. The van der Waals surface area contributed by atoms with Crippen molar-refractivity contribution in [2.24, 2.45) is 7.05 Å². The Balaban J connectivity index is 1.47. The van der Waals surface area contributed by atoms with Crippen LogP contribution in [0.5, 0.6) is 5.75 Å². The van der Waals surface area contributed by atoms with Crippen LogP contribution in [-0.4, -0.2) is 33.5 Å². The Bertz CT molecular complexity index is 1140. The van der Waals surface area contributed by atoms with Gasteiger partial charge in [0, 0.05) is 7.05 Å². The van der Waals surface area contributed by atoms with Crippen molar-refractivity contribution in [2.45, 2.75) is 11.2 Å². The van der Waals surface area contributed by atoms with E-state index in [1.165, 1.54) is 11.8 Å². The highest BCUT2D eigenvalue weighted by Crippen LogP contribution is 2.30. The van der Waals surface area contributed by atoms with Crippen molar-refractivity contribution in [3.63, 3.8) is 0 Å². The molecule has 1 amide bonds. The minimum Gasteiger partial charge on any atom is -0.496 e. The van der Waals surface area contributed by atoms with Crippen LogP contribution in [0.3, 0.4) is 0 Å². The smallest absolute Gasteiger partial charge is 0.231 e. The van der Waals surface area contributed by atoms with E-state index in [2.05, 4.69) is 15.5 Å². The maximum absolute atomic E-state index is 12.9. The predicted octanol–water partition coefficient (Wildman–Crippen LogP) is 4.49. The summed E-state index contributed by atoms with van der Waals surface area (Å²) in [6.45, 7) is 0. The standard InChI is InChI=1S/C25H24N4O2S/c1-29-24(20-15-9-10-16-21(20)31-2)27-28-25(29)32-17-22(30)26-23(18-11-5-3-6-12-18)19-13-7-4-8-14-19/h3-16,23H,17H2,1-2H3,(H,26,30). The first-order valence-corrected chi connectivity index (χ1v) is 11.2. The van der Waals surface area contributed by atoms with Gasteiger partial charge in [-0.05, 0) is 23.3 Å². The van der Waals surface area contributed by atoms with Crippen molar-refractivity contribution in [1.29, 1.82) is 0 Å². The molecule has 1 N–H and O–H groups in total. The van der Waals surface area contributed by atoms with Gasteiger partial charge >= 0.3 is 0 Å². The van der Waals surface area contributed by atoms with Gasteiger partial charge in [-0.15, -0.1) is 10.2 Å². The van der Waals surface area contributed by atoms with Gasteiger partial charge in [-0.25, -0.2) is 0 Å². The zero-order valence-electron chi connectivity index (χ0n) is 17.9. The van der Waals surface area contributed by atoms with Gasteiger partial charge in [0.2, 0.25) is 5.91 Å². The number of para-hydroxylation sites is 1. The lowest BCUT2D eigenvalue weighted by atomic mass is 9.99. The highest BCUT2D eigenvalue weighted by molar-refractivity contribution is 7.99. The number of ether oxygens (including phenoxy) is 1. The third kappa shape index (κ3) is 4.84. The second-order valence-electron chi connectivity index (χ2n) is 7.18. The lowest BCUT2D eigenvalue weighted by molar-refractivity contribution is -0.119. The zero-order valence-corrected chi connectivity index (χ0v) is 18.8. The second-order valence-corrected chi connectivity index (χ2v) is 8.12. The van der Waals surface area contributed by atoms with E-state index < -0.39 is 0 Å². The summed E-state index contributed by atoms with van der Waals surface area (Å²) in [7, 11) is 3.52. The van der Waals surface area contributed by atoms with Crippen molar-refractivity contribution < 1.29 is 9.53 Å². The molecule has 0 fully saturated rings. The van der Waals surface area contributed by atoms with E-state index in [0.29, 0.717) is 11.0 Å². The third-order valence-corrected chi connectivity index (χ3v) is 6.11. The maximum atomic E-state index is 12.9. The van der Waals surface area contributed by atoms with Crippen molar-refractivity contribution >= 4 is 17.7 Å². The number of carbonyl (C=O) groups is 1. The molecule has 0 saturated heterocycles. The Kier molecular flexibility index (Phi) is 6.87. The van der Waals surface area contributed by atoms with Gasteiger partial charge in [-0.3, -0.25) is 4.79 Å². The summed E-state index contributed by atoms with van der Waals surface area (Å²) in [5.41, 5.74) is 2.93. The van der Waals surface area contributed by atoms with Gasteiger partial charge in [0.05, 0.1) is 24.5 Å². The molecule has 3 aromatic carbocycles. The van der Waals surface area contributed by atoms with Crippen LogP contribution >= 0.6 is 11.8 Å². The average molecular weight is 445 g/mol. The van der Waals surface area contributed by atoms with E-state index in [1.807, 2.05) is 96.5 Å². The number of aromatic nitrogens is 3. The highest BCUT2D eigenvalue weighted by atomic mass is 32.2. The number of nitrogens with zero attached hydrogens (tertiary/aromatic N) is 3. The number of carbonyl (C=O) groups excluding carboxylic acids is 1. The first kappa shape index (κ1) is 21.6.